The fraction of sp³-hybridized carbons (Fsp3) is 0.432. The number of nitrogens with two attached hydrogens (primary N) is 1. The van der Waals surface area contributed by atoms with Gasteiger partial charge in [-0.05, 0) is 94.0 Å². The van der Waals surface area contributed by atoms with Crippen LogP contribution in [0.5, 0.6) is 11.5 Å². The van der Waals surface area contributed by atoms with Crippen molar-refractivity contribution < 1.29 is 91.8 Å². The van der Waals surface area contributed by atoms with Crippen molar-refractivity contribution in [1.82, 2.24) is 35.9 Å². The van der Waals surface area contributed by atoms with Crippen LogP contribution in [0.15, 0.2) is 61.2 Å². The van der Waals surface area contributed by atoms with Crippen molar-refractivity contribution in [2.75, 3.05) is 26.3 Å². The number of nitrogens with one attached hydrogen (secondary N) is 3. The normalized spacial score (nSPS) is 17.4. The highest BCUT2D eigenvalue weighted by Gasteiger charge is 2.38. The number of aliphatic carboxylic acids is 1. The molecule has 17 nitrogen and oxygen atoms in total. The number of carbonyl (C=O) groups excluding carboxylic acids is 3. The van der Waals surface area contributed by atoms with Crippen LogP contribution in [0, 0.1) is 23.5 Å². The number of alkyl halides is 8. The van der Waals surface area contributed by atoms with Crippen LogP contribution in [0.25, 0.3) is 0 Å². The smallest absolute Gasteiger partial charge is 0.484 e. The Labute approximate surface area is 423 Å². The van der Waals surface area contributed by atoms with Gasteiger partial charge in [0.15, 0.2) is 24.6 Å². The molecule has 2 heterocycles. The molecular formula is C44H52Cl2F10N8O9. The van der Waals surface area contributed by atoms with Crippen LogP contribution in [0.4, 0.5) is 43.9 Å². The molecule has 2 fully saturated rings. The van der Waals surface area contributed by atoms with E-state index >= 15 is 0 Å². The summed E-state index contributed by atoms with van der Waals surface area (Å²) in [5.74, 6) is -5.13. The molecule has 7 N–H and O–H groups in total. The first-order valence-electron chi connectivity index (χ1n) is 21.5. The molecular weight excluding hydrogens is 1050 g/mol. The summed E-state index contributed by atoms with van der Waals surface area (Å²) < 4.78 is 130. The number of benzene rings is 2. The number of hydrogen-bond acceptors (Lipinski definition) is 12. The maximum Gasteiger partial charge on any atom is 0.490 e. The van der Waals surface area contributed by atoms with E-state index < -0.39 is 59.6 Å². The number of carboxylic acid groups (broad SMARTS) is 2. The Kier molecular flexibility index (Phi) is 24.3. The predicted octanol–water partition coefficient (Wildman–Crippen LogP) is 8.75. The van der Waals surface area contributed by atoms with Crippen molar-refractivity contribution in [2.45, 2.75) is 82.2 Å². The third-order valence-corrected chi connectivity index (χ3v) is 11.0. The lowest BCUT2D eigenvalue weighted by molar-refractivity contribution is -0.192. The molecule has 0 saturated heterocycles. The molecule has 29 heteroatoms. The van der Waals surface area contributed by atoms with Gasteiger partial charge in [0.1, 0.15) is 34.5 Å². The van der Waals surface area contributed by atoms with Crippen LogP contribution >= 0.6 is 23.2 Å². The number of halogens is 12. The highest BCUT2D eigenvalue weighted by Crippen LogP contribution is 2.28. The third-order valence-electron chi connectivity index (χ3n) is 10.4. The minimum Gasteiger partial charge on any atom is -0.484 e. The summed E-state index contributed by atoms with van der Waals surface area (Å²) in [6, 6.07) is 8.15. The van der Waals surface area contributed by atoms with Crippen LogP contribution < -0.4 is 31.2 Å². The van der Waals surface area contributed by atoms with Crippen molar-refractivity contribution in [3.63, 3.8) is 0 Å². The van der Waals surface area contributed by atoms with E-state index in [1.54, 1.807) is 0 Å². The Hall–Kier alpha value is -6.61. The van der Waals surface area contributed by atoms with Crippen molar-refractivity contribution in [1.29, 1.82) is 0 Å². The zero-order chi connectivity index (χ0) is 54.5. The minimum absolute atomic E-state index is 0. The fourth-order valence-electron chi connectivity index (χ4n) is 6.50. The first kappa shape index (κ1) is 60.7. The van der Waals surface area contributed by atoms with Gasteiger partial charge in [0.2, 0.25) is 0 Å². The van der Waals surface area contributed by atoms with Crippen molar-refractivity contribution >= 4 is 52.9 Å². The fourth-order valence-corrected chi connectivity index (χ4v) is 6.74. The van der Waals surface area contributed by atoms with E-state index in [0.29, 0.717) is 43.8 Å². The van der Waals surface area contributed by atoms with Gasteiger partial charge in [0, 0.05) is 35.0 Å². The third kappa shape index (κ3) is 22.4. The molecule has 0 bridgehead atoms. The second-order valence-electron chi connectivity index (χ2n) is 15.8. The molecule has 0 atom stereocenters. The highest BCUT2D eigenvalue weighted by atomic mass is 35.5. The van der Waals surface area contributed by atoms with E-state index in [1.165, 1.54) is 30.3 Å². The largest absolute Gasteiger partial charge is 0.490 e. The Morgan fingerprint density at radius 1 is 0.685 bits per heavy atom. The summed E-state index contributed by atoms with van der Waals surface area (Å²) in [5, 5.41) is 23.9. The molecule has 4 aromatic rings. The molecule has 3 amide bonds. The maximum absolute atomic E-state index is 13.4. The SMILES string of the molecule is NCC1CCC(NC(=O)COc2ccc(Cl)c(F)c2)CC1.O=C(COc1ccc(Cl)c(F)c1)NC1CCC(CNC(=O)c2cnc(C(F)(F)F)cn2)CC1.O=C(O)C(F)(F)F.O=C(O)c1cnc(C(F)F)cn1.[HH].[HH].[HH]. The van der Waals surface area contributed by atoms with Gasteiger partial charge in [-0.25, -0.2) is 42.1 Å². The number of aromatic carboxylic acids is 1. The number of ether oxygens (including phenoxy) is 2. The quantitative estimate of drug-likeness (QED) is 0.0646. The van der Waals surface area contributed by atoms with Gasteiger partial charge >= 0.3 is 24.3 Å². The Balaban J connectivity index is 0.00000112. The molecule has 0 spiro atoms. The van der Waals surface area contributed by atoms with Crippen LogP contribution in [0.3, 0.4) is 0 Å². The summed E-state index contributed by atoms with van der Waals surface area (Å²) in [6.45, 7) is 0.669. The summed E-state index contributed by atoms with van der Waals surface area (Å²) >= 11 is 11.2. The second-order valence-corrected chi connectivity index (χ2v) is 16.6. The van der Waals surface area contributed by atoms with Crippen LogP contribution in [-0.4, -0.2) is 104 Å². The van der Waals surface area contributed by atoms with E-state index in [1.807, 2.05) is 0 Å². The number of aromatic nitrogens is 4. The molecule has 2 aromatic heterocycles. The Bertz CT molecular complexity index is 2450. The highest BCUT2D eigenvalue weighted by molar-refractivity contribution is 6.31. The monoisotopic (exact) mass is 1100 g/mol. The molecule has 2 saturated carbocycles. The molecule has 0 aliphatic heterocycles. The van der Waals surface area contributed by atoms with Crippen molar-refractivity contribution in [2.24, 2.45) is 17.6 Å². The van der Waals surface area contributed by atoms with Crippen LogP contribution in [0.1, 0.15) is 94.4 Å². The van der Waals surface area contributed by atoms with E-state index in [2.05, 4.69) is 35.9 Å². The van der Waals surface area contributed by atoms with E-state index in [4.69, 9.17) is 53.4 Å². The number of carbonyl (C=O) groups is 5. The molecule has 0 radical (unpaired) electrons. The zero-order valence-corrected chi connectivity index (χ0v) is 39.3. The molecule has 6 rings (SSSR count). The van der Waals surface area contributed by atoms with Gasteiger partial charge in [0.05, 0.1) is 34.8 Å². The Morgan fingerprint density at radius 2 is 1.14 bits per heavy atom. The van der Waals surface area contributed by atoms with E-state index in [-0.39, 0.29) is 74.5 Å². The molecule has 0 unspecified atom stereocenters. The van der Waals surface area contributed by atoms with E-state index in [0.717, 1.165) is 63.2 Å². The van der Waals surface area contributed by atoms with E-state index in [9.17, 15) is 63.1 Å². The molecule has 2 aliphatic carbocycles. The lowest BCUT2D eigenvalue weighted by Crippen LogP contribution is -2.41. The second kappa shape index (κ2) is 29.2. The predicted molar refractivity (Wildman–Crippen MR) is 244 cm³/mol. The maximum atomic E-state index is 13.4. The molecule has 2 aromatic carbocycles. The minimum atomic E-state index is -5.08. The summed E-state index contributed by atoms with van der Waals surface area (Å²) in [7, 11) is 0. The Morgan fingerprint density at radius 3 is 1.49 bits per heavy atom. The van der Waals surface area contributed by atoms with Crippen molar-refractivity contribution in [3.05, 3.63) is 106 Å². The van der Waals surface area contributed by atoms with Crippen LogP contribution in [-0.2, 0) is 20.6 Å². The number of carboxylic acids is 2. The van der Waals surface area contributed by atoms with Crippen LogP contribution in [0.2, 0.25) is 10.0 Å². The van der Waals surface area contributed by atoms with Gasteiger partial charge in [-0.3, -0.25) is 19.4 Å². The average molecular weight is 1100 g/mol. The molecule has 406 valence electrons. The first-order chi connectivity index (χ1) is 34.2. The van der Waals surface area contributed by atoms with Gasteiger partial charge in [-0.15, -0.1) is 0 Å². The number of amides is 3. The van der Waals surface area contributed by atoms with Crippen molar-refractivity contribution in [3.8, 4) is 11.5 Å². The van der Waals surface area contributed by atoms with Gasteiger partial charge in [0.25, 0.3) is 24.1 Å². The lowest BCUT2D eigenvalue weighted by atomic mass is 9.86. The summed E-state index contributed by atoms with van der Waals surface area (Å²) in [4.78, 5) is 68.3. The standard InChI is InChI=1S/C21H21ClF4N4O3.C15H20ClFN2O2.C6H4F2N2O2.C2HF3O2.3H2/c22-15-6-5-14(7-16(15)23)33-11-19(31)30-13-3-1-12(2-4-13)8-29-20(32)17-9-28-18(10-27-17)21(24,25)26;16-13-6-5-12(7-14(13)17)21-9-15(20)19-11-3-1-10(8-18)2-4-11;7-5(8)3-1-10-4(2-9-3)6(11)12;3-2(4,5)1(6)7;;;/h5-7,9-10,12-13H,1-4,8,11H2,(H,29,32)(H,30,31);5-7,10-11H,1-4,8-9,18H2,(H,19,20);1-2,5H,(H,11,12);(H,6,7);3*1H. The lowest BCUT2D eigenvalue weighted by Gasteiger charge is -2.29. The number of hydrogen-bond donors (Lipinski definition) is 6. The number of rotatable bonds is 14. The van der Waals surface area contributed by atoms with Gasteiger partial charge in [-0.2, -0.15) is 26.3 Å². The summed E-state index contributed by atoms with van der Waals surface area (Å²) in [6.07, 6.45) is -2.69. The topological polar surface area (TPSA) is 258 Å². The molecule has 2 aliphatic rings. The molecule has 73 heavy (non-hydrogen) atoms. The number of nitrogens with zero attached hydrogens (tertiary/aromatic N) is 4. The van der Waals surface area contributed by atoms with Gasteiger partial charge in [-0.1, -0.05) is 23.2 Å². The first-order valence-corrected chi connectivity index (χ1v) is 22.3. The van der Waals surface area contributed by atoms with Gasteiger partial charge < -0.3 is 41.4 Å². The zero-order valence-electron chi connectivity index (χ0n) is 37.8. The average Bonchev–Trinajstić information content (AvgIpc) is 3.34. The summed E-state index contributed by atoms with van der Waals surface area (Å²) in [5.41, 5.74) is 3.41.